The Morgan fingerprint density at radius 3 is 2.12 bits per heavy atom. The second-order valence-electron chi connectivity index (χ2n) is 9.98. The molecule has 0 saturated heterocycles. The van der Waals surface area contributed by atoms with Gasteiger partial charge in [-0.2, -0.15) is 4.72 Å². The quantitative estimate of drug-likeness (QED) is 0.188. The zero-order valence-electron chi connectivity index (χ0n) is 22.5. The first-order chi connectivity index (χ1) is 19.5. The minimum absolute atomic E-state index is 0.0332. The van der Waals surface area contributed by atoms with E-state index in [0.717, 1.165) is 33.2 Å². The van der Waals surface area contributed by atoms with Gasteiger partial charge in [-0.3, -0.25) is 9.59 Å². The van der Waals surface area contributed by atoms with Gasteiger partial charge >= 0.3 is 5.97 Å². The van der Waals surface area contributed by atoms with Crippen LogP contribution in [0.4, 0.5) is 5.69 Å². The van der Waals surface area contributed by atoms with Crippen LogP contribution in [0.5, 0.6) is 0 Å². The smallest absolute Gasteiger partial charge is 0.322 e. The number of hydrogen-bond acceptors (Lipinski definition) is 6. The molecular weight excluding hydrogens is 544 g/mol. The van der Waals surface area contributed by atoms with Crippen molar-refractivity contribution < 1.29 is 31.9 Å². The highest BCUT2D eigenvalue weighted by molar-refractivity contribution is 7.89. The van der Waals surface area contributed by atoms with Crippen molar-refractivity contribution >= 4 is 38.6 Å². The molecular formula is C31H28N2O7S. The Labute approximate surface area is 236 Å². The van der Waals surface area contributed by atoms with E-state index < -0.39 is 28.0 Å². The molecule has 0 fully saturated rings. The fourth-order valence-electron chi connectivity index (χ4n) is 4.65. The minimum Gasteiger partial charge on any atom is -0.480 e. The molecule has 0 spiro atoms. The number of amides is 1. The normalized spacial score (nSPS) is 12.5. The third-order valence-electron chi connectivity index (χ3n) is 6.85. The van der Waals surface area contributed by atoms with E-state index in [1.165, 1.54) is 12.1 Å². The first kappa shape index (κ1) is 27.9. The van der Waals surface area contributed by atoms with Crippen LogP contribution in [-0.2, 0) is 14.8 Å². The Morgan fingerprint density at radius 2 is 1.54 bits per heavy atom. The number of carboxylic acid groups (broad SMARTS) is 1. The predicted octanol–water partition coefficient (Wildman–Crippen LogP) is 6.31. The molecule has 0 bridgehead atoms. The highest BCUT2D eigenvalue weighted by Crippen LogP contribution is 2.35. The van der Waals surface area contributed by atoms with E-state index in [0.29, 0.717) is 11.3 Å². The van der Waals surface area contributed by atoms with E-state index in [9.17, 15) is 23.1 Å². The number of carbonyl (C=O) groups excluding carboxylic acids is 1. The van der Waals surface area contributed by atoms with Crippen molar-refractivity contribution in [3.63, 3.8) is 0 Å². The fraction of sp³-hybridized carbons (Fsp3) is 0.161. The first-order valence-electron chi connectivity index (χ1n) is 12.9. The highest BCUT2D eigenvalue weighted by Gasteiger charge is 2.28. The van der Waals surface area contributed by atoms with Gasteiger partial charge in [0.25, 0.3) is 5.91 Å². The zero-order chi connectivity index (χ0) is 29.3. The number of carbonyl (C=O) groups is 2. The number of benzene rings is 3. The molecule has 0 aliphatic carbocycles. The lowest BCUT2D eigenvalue weighted by atomic mass is 10.0. The number of aryl methyl sites for hydroxylation is 1. The molecule has 9 nitrogen and oxygen atoms in total. The molecule has 1 atom stereocenters. The third-order valence-corrected chi connectivity index (χ3v) is 8.30. The maximum atomic E-state index is 13.1. The van der Waals surface area contributed by atoms with Crippen LogP contribution in [0.1, 0.15) is 30.0 Å². The van der Waals surface area contributed by atoms with Gasteiger partial charge in [-0.15, -0.1) is 0 Å². The minimum atomic E-state index is -4.02. The molecule has 0 saturated carbocycles. The number of sulfonamides is 1. The largest absolute Gasteiger partial charge is 0.480 e. The van der Waals surface area contributed by atoms with Crippen LogP contribution < -0.4 is 10.0 Å². The maximum absolute atomic E-state index is 13.1. The molecule has 0 aliphatic heterocycles. The summed E-state index contributed by atoms with van der Waals surface area (Å²) in [6, 6.07) is 19.5. The van der Waals surface area contributed by atoms with E-state index >= 15 is 0 Å². The lowest BCUT2D eigenvalue weighted by Gasteiger charge is -2.18. The molecule has 2 heterocycles. The Morgan fingerprint density at radius 1 is 0.878 bits per heavy atom. The maximum Gasteiger partial charge on any atom is 0.322 e. The lowest BCUT2D eigenvalue weighted by molar-refractivity contribution is -0.140. The summed E-state index contributed by atoms with van der Waals surface area (Å²) in [5.74, 6) is -1.82. The number of fused-ring (bicyclic) bond motifs is 1. The van der Waals surface area contributed by atoms with Crippen LogP contribution in [-0.4, -0.2) is 31.4 Å². The Kier molecular flexibility index (Phi) is 7.53. The molecule has 1 amide bonds. The van der Waals surface area contributed by atoms with Gasteiger partial charge < -0.3 is 19.3 Å². The van der Waals surface area contributed by atoms with Crippen LogP contribution in [0.25, 0.3) is 33.2 Å². The molecule has 210 valence electrons. The molecule has 0 aliphatic rings. The zero-order valence-corrected chi connectivity index (χ0v) is 23.4. The number of furan rings is 2. The van der Waals surface area contributed by atoms with Gasteiger partial charge in [0.1, 0.15) is 11.6 Å². The molecule has 0 unspecified atom stereocenters. The lowest BCUT2D eigenvalue weighted by Crippen LogP contribution is -2.44. The summed E-state index contributed by atoms with van der Waals surface area (Å²) in [6.07, 6.45) is 3.24. The van der Waals surface area contributed by atoms with Crippen LogP contribution in [0.2, 0.25) is 0 Å². The van der Waals surface area contributed by atoms with E-state index in [1.807, 2.05) is 31.2 Å². The van der Waals surface area contributed by atoms with E-state index in [4.69, 9.17) is 8.83 Å². The third kappa shape index (κ3) is 5.65. The molecule has 0 radical (unpaired) electrons. The number of hydrogen-bond donors (Lipinski definition) is 3. The fourth-order valence-corrected chi connectivity index (χ4v) is 5.98. The highest BCUT2D eigenvalue weighted by atomic mass is 32.2. The van der Waals surface area contributed by atoms with Gasteiger partial charge in [-0.25, -0.2) is 8.42 Å². The van der Waals surface area contributed by atoms with Crippen molar-refractivity contribution in [2.45, 2.75) is 31.7 Å². The van der Waals surface area contributed by atoms with Gasteiger partial charge in [0, 0.05) is 22.2 Å². The van der Waals surface area contributed by atoms with Crippen molar-refractivity contribution in [2.75, 3.05) is 5.32 Å². The predicted molar refractivity (Wildman–Crippen MR) is 155 cm³/mol. The van der Waals surface area contributed by atoms with Gasteiger partial charge in [-0.1, -0.05) is 50.2 Å². The van der Waals surface area contributed by atoms with E-state index in [2.05, 4.69) is 10.0 Å². The Bertz CT molecular complexity index is 1820. The van der Waals surface area contributed by atoms with E-state index in [-0.39, 0.29) is 16.6 Å². The summed E-state index contributed by atoms with van der Waals surface area (Å²) in [6.45, 7) is 5.11. The number of aliphatic carboxylic acids is 1. The molecule has 5 rings (SSSR count). The molecule has 3 aromatic carbocycles. The van der Waals surface area contributed by atoms with Gasteiger partial charge in [0.05, 0.1) is 17.4 Å². The summed E-state index contributed by atoms with van der Waals surface area (Å²) in [5.41, 5.74) is 5.24. The molecule has 3 N–H and O–H groups in total. The number of rotatable bonds is 9. The Hall–Kier alpha value is -4.67. The SMILES string of the molecule is Cc1c(C(=O)Nc2ccc(-c3ccc(S(=O)(=O)N[C@H](C(=O)O)C(C)C)cc3)cc2)oc2cccc(-c3ccoc3)c12. The van der Waals surface area contributed by atoms with Crippen LogP contribution >= 0.6 is 0 Å². The molecule has 2 aromatic heterocycles. The monoisotopic (exact) mass is 572 g/mol. The van der Waals surface area contributed by atoms with Crippen molar-refractivity contribution in [1.29, 1.82) is 0 Å². The summed E-state index contributed by atoms with van der Waals surface area (Å²) in [7, 11) is -4.02. The van der Waals surface area contributed by atoms with E-state index in [1.54, 1.807) is 62.8 Å². The van der Waals surface area contributed by atoms with Gasteiger partial charge in [0.2, 0.25) is 10.0 Å². The summed E-state index contributed by atoms with van der Waals surface area (Å²) < 4.78 is 38.8. The average molecular weight is 573 g/mol. The van der Waals surface area contributed by atoms with Crippen LogP contribution in [0, 0.1) is 12.8 Å². The van der Waals surface area contributed by atoms with Gasteiger partial charge in [0.15, 0.2) is 5.76 Å². The Balaban J connectivity index is 1.31. The van der Waals surface area contributed by atoms with Crippen LogP contribution in [0.15, 0.2) is 99.1 Å². The van der Waals surface area contributed by atoms with Crippen molar-refractivity contribution in [3.8, 4) is 22.3 Å². The molecule has 10 heteroatoms. The van der Waals surface area contributed by atoms with Gasteiger partial charge in [-0.05, 0) is 65.9 Å². The summed E-state index contributed by atoms with van der Waals surface area (Å²) >= 11 is 0. The number of anilines is 1. The standard InChI is InChI=1S/C31H28N2O7S/c1-18(2)28(31(35)36)33-41(37,38)24-13-9-21(10-14-24)20-7-11-23(12-8-20)32-30(34)29-19(3)27-25(22-15-16-39-17-22)5-4-6-26(27)40-29/h4-18,28,33H,1-3H3,(H,32,34)(H,35,36)/t28-/m0/s1. The van der Waals surface area contributed by atoms with Crippen molar-refractivity contribution in [3.05, 3.63) is 96.6 Å². The molecule has 41 heavy (non-hydrogen) atoms. The van der Waals surface area contributed by atoms with Crippen molar-refractivity contribution in [1.82, 2.24) is 4.72 Å². The summed E-state index contributed by atoms with van der Waals surface area (Å²) in [4.78, 5) is 24.5. The topological polar surface area (TPSA) is 139 Å². The van der Waals surface area contributed by atoms with Crippen LogP contribution in [0.3, 0.4) is 0 Å². The second-order valence-corrected chi connectivity index (χ2v) is 11.7. The first-order valence-corrected chi connectivity index (χ1v) is 14.3. The average Bonchev–Trinajstić information content (AvgIpc) is 3.60. The van der Waals surface area contributed by atoms with Crippen molar-refractivity contribution in [2.24, 2.45) is 5.92 Å². The number of carboxylic acids is 1. The second kappa shape index (κ2) is 11.1. The summed E-state index contributed by atoms with van der Waals surface area (Å²) in [5, 5.41) is 13.0. The molecule has 5 aromatic rings. The number of nitrogens with one attached hydrogen (secondary N) is 2.